The highest BCUT2D eigenvalue weighted by Gasteiger charge is 2.37. The third kappa shape index (κ3) is 2.33. The molecule has 1 unspecified atom stereocenters. The summed E-state index contributed by atoms with van der Waals surface area (Å²) in [6.07, 6.45) is 9.27. The first-order valence-electron chi connectivity index (χ1n) is 7.80. The van der Waals surface area contributed by atoms with Crippen LogP contribution in [-0.4, -0.2) is 11.5 Å². The van der Waals surface area contributed by atoms with Crippen molar-refractivity contribution < 1.29 is 0 Å². The number of fused-ring (bicyclic) bond motifs is 1. The molecule has 2 heteroatoms. The van der Waals surface area contributed by atoms with E-state index in [2.05, 4.69) is 48.4 Å². The fourth-order valence-corrected chi connectivity index (χ4v) is 3.80. The molecular weight excluding hydrogens is 244 g/mol. The van der Waals surface area contributed by atoms with Gasteiger partial charge in [-0.2, -0.15) is 0 Å². The summed E-state index contributed by atoms with van der Waals surface area (Å²) in [6.45, 7) is 5.66. The summed E-state index contributed by atoms with van der Waals surface area (Å²) in [5.41, 5.74) is 1.79. The lowest BCUT2D eigenvalue weighted by molar-refractivity contribution is 0.227. The number of benzene rings is 1. The first-order chi connectivity index (χ1) is 9.74. The van der Waals surface area contributed by atoms with Crippen LogP contribution in [0.2, 0.25) is 0 Å². The van der Waals surface area contributed by atoms with E-state index in [1.54, 1.807) is 0 Å². The predicted octanol–water partition coefficient (Wildman–Crippen LogP) is 4.47. The topological polar surface area (TPSA) is 24.9 Å². The quantitative estimate of drug-likeness (QED) is 0.885. The van der Waals surface area contributed by atoms with Gasteiger partial charge in [-0.15, -0.1) is 0 Å². The molecule has 0 amide bonds. The summed E-state index contributed by atoms with van der Waals surface area (Å²) >= 11 is 0. The zero-order chi connectivity index (χ0) is 14.0. The standard InChI is InChI=1S/C18H24N2/c1-3-20-17(18(2)10-4-5-11-18)15-8-6-7-14-9-12-19-13-16(14)15/h6-9,12-13,17,20H,3-5,10-11H2,1-2H3. The summed E-state index contributed by atoms with van der Waals surface area (Å²) < 4.78 is 0. The van der Waals surface area contributed by atoms with Gasteiger partial charge in [0.1, 0.15) is 0 Å². The Hall–Kier alpha value is -1.41. The van der Waals surface area contributed by atoms with Crippen molar-refractivity contribution in [3.8, 4) is 0 Å². The van der Waals surface area contributed by atoms with Crippen LogP contribution in [0.15, 0.2) is 36.7 Å². The first kappa shape index (κ1) is 13.6. The molecule has 1 aromatic heterocycles. The second kappa shape index (κ2) is 5.53. The number of pyridine rings is 1. The summed E-state index contributed by atoms with van der Waals surface area (Å²) in [5, 5.41) is 6.34. The highest BCUT2D eigenvalue weighted by Crippen LogP contribution is 2.48. The smallest absolute Gasteiger partial charge is 0.0381 e. The van der Waals surface area contributed by atoms with Gasteiger partial charge in [0.15, 0.2) is 0 Å². The van der Waals surface area contributed by atoms with Crippen LogP contribution in [0, 0.1) is 5.41 Å². The van der Waals surface area contributed by atoms with Gasteiger partial charge in [-0.25, -0.2) is 0 Å². The van der Waals surface area contributed by atoms with Crippen LogP contribution >= 0.6 is 0 Å². The maximum atomic E-state index is 4.34. The van der Waals surface area contributed by atoms with E-state index in [-0.39, 0.29) is 0 Å². The molecule has 2 aromatic rings. The molecule has 0 saturated heterocycles. The van der Waals surface area contributed by atoms with E-state index in [4.69, 9.17) is 0 Å². The van der Waals surface area contributed by atoms with Crippen molar-refractivity contribution >= 4 is 10.8 Å². The van der Waals surface area contributed by atoms with Crippen molar-refractivity contribution in [1.29, 1.82) is 0 Å². The van der Waals surface area contributed by atoms with Crippen LogP contribution in [0.4, 0.5) is 0 Å². The molecule has 0 aliphatic heterocycles. The zero-order valence-electron chi connectivity index (χ0n) is 12.5. The summed E-state index contributed by atoms with van der Waals surface area (Å²) in [6, 6.07) is 9.18. The van der Waals surface area contributed by atoms with Crippen LogP contribution in [0.25, 0.3) is 10.8 Å². The fraction of sp³-hybridized carbons (Fsp3) is 0.500. The Morgan fingerprint density at radius 1 is 1.25 bits per heavy atom. The molecule has 0 bridgehead atoms. The second-order valence-corrected chi connectivity index (χ2v) is 6.30. The van der Waals surface area contributed by atoms with Gasteiger partial charge in [0, 0.05) is 23.8 Å². The largest absolute Gasteiger partial charge is 0.310 e. The molecule has 1 saturated carbocycles. The third-order valence-corrected chi connectivity index (χ3v) is 4.88. The van der Waals surface area contributed by atoms with Gasteiger partial charge in [-0.05, 0) is 41.8 Å². The van der Waals surface area contributed by atoms with Gasteiger partial charge in [-0.3, -0.25) is 4.98 Å². The Morgan fingerprint density at radius 2 is 2.05 bits per heavy atom. The maximum absolute atomic E-state index is 4.34. The molecule has 106 valence electrons. The van der Waals surface area contributed by atoms with Gasteiger partial charge in [-0.1, -0.05) is 44.9 Å². The highest BCUT2D eigenvalue weighted by molar-refractivity contribution is 5.85. The SMILES string of the molecule is CCNC(c1cccc2ccncc12)C1(C)CCCC1. The molecule has 1 N–H and O–H groups in total. The predicted molar refractivity (Wildman–Crippen MR) is 84.7 cm³/mol. The van der Waals surface area contributed by atoms with Crippen molar-refractivity contribution in [3.05, 3.63) is 42.2 Å². The van der Waals surface area contributed by atoms with Crippen molar-refractivity contribution in [2.45, 2.75) is 45.6 Å². The van der Waals surface area contributed by atoms with E-state index in [9.17, 15) is 0 Å². The zero-order valence-corrected chi connectivity index (χ0v) is 12.5. The van der Waals surface area contributed by atoms with E-state index >= 15 is 0 Å². The van der Waals surface area contributed by atoms with Gasteiger partial charge < -0.3 is 5.32 Å². The normalized spacial score (nSPS) is 19.3. The van der Waals surface area contributed by atoms with E-state index in [1.807, 2.05) is 12.4 Å². The Bertz CT molecular complexity index is 579. The summed E-state index contributed by atoms with van der Waals surface area (Å²) in [7, 11) is 0. The van der Waals surface area contributed by atoms with Crippen LogP contribution < -0.4 is 5.32 Å². The molecule has 20 heavy (non-hydrogen) atoms. The molecule has 0 spiro atoms. The molecule has 3 rings (SSSR count). The molecule has 1 aliphatic carbocycles. The Balaban J connectivity index is 2.09. The van der Waals surface area contributed by atoms with E-state index < -0.39 is 0 Å². The van der Waals surface area contributed by atoms with Gasteiger partial charge >= 0.3 is 0 Å². The van der Waals surface area contributed by atoms with E-state index in [0.29, 0.717) is 11.5 Å². The van der Waals surface area contributed by atoms with Gasteiger partial charge in [0.2, 0.25) is 0 Å². The number of hydrogen-bond donors (Lipinski definition) is 1. The van der Waals surface area contributed by atoms with Gasteiger partial charge in [0.05, 0.1) is 0 Å². The lowest BCUT2D eigenvalue weighted by Crippen LogP contribution is -2.34. The van der Waals surface area contributed by atoms with Crippen molar-refractivity contribution in [2.75, 3.05) is 6.54 Å². The summed E-state index contributed by atoms with van der Waals surface area (Å²) in [4.78, 5) is 4.34. The monoisotopic (exact) mass is 268 g/mol. The number of nitrogens with one attached hydrogen (secondary N) is 1. The molecule has 1 aliphatic rings. The van der Waals surface area contributed by atoms with E-state index in [1.165, 1.54) is 42.0 Å². The second-order valence-electron chi connectivity index (χ2n) is 6.30. The van der Waals surface area contributed by atoms with Crippen LogP contribution in [-0.2, 0) is 0 Å². The maximum Gasteiger partial charge on any atom is 0.0381 e. The summed E-state index contributed by atoms with van der Waals surface area (Å²) in [5.74, 6) is 0. The molecule has 0 radical (unpaired) electrons. The van der Waals surface area contributed by atoms with Gasteiger partial charge in [0.25, 0.3) is 0 Å². The minimum Gasteiger partial charge on any atom is -0.310 e. The fourth-order valence-electron chi connectivity index (χ4n) is 3.80. The lowest BCUT2D eigenvalue weighted by atomic mass is 9.76. The number of hydrogen-bond acceptors (Lipinski definition) is 2. The molecule has 2 nitrogen and oxygen atoms in total. The average molecular weight is 268 g/mol. The Kier molecular flexibility index (Phi) is 3.75. The molecule has 1 atom stereocenters. The lowest BCUT2D eigenvalue weighted by Gasteiger charge is -2.36. The third-order valence-electron chi connectivity index (χ3n) is 4.88. The molecule has 1 aromatic carbocycles. The van der Waals surface area contributed by atoms with Crippen LogP contribution in [0.1, 0.15) is 51.1 Å². The highest BCUT2D eigenvalue weighted by atomic mass is 14.9. The number of aromatic nitrogens is 1. The van der Waals surface area contributed by atoms with Crippen LogP contribution in [0.3, 0.4) is 0 Å². The number of rotatable bonds is 4. The molecule has 1 fully saturated rings. The van der Waals surface area contributed by atoms with Crippen molar-refractivity contribution in [3.63, 3.8) is 0 Å². The van der Waals surface area contributed by atoms with Crippen molar-refractivity contribution in [1.82, 2.24) is 10.3 Å². The minimum absolute atomic E-state index is 0.375. The Morgan fingerprint density at radius 3 is 2.80 bits per heavy atom. The first-order valence-corrected chi connectivity index (χ1v) is 7.80. The minimum atomic E-state index is 0.375. The van der Waals surface area contributed by atoms with Crippen molar-refractivity contribution in [2.24, 2.45) is 5.41 Å². The average Bonchev–Trinajstić information content (AvgIpc) is 2.92. The van der Waals surface area contributed by atoms with E-state index in [0.717, 1.165) is 6.54 Å². The van der Waals surface area contributed by atoms with Crippen LogP contribution in [0.5, 0.6) is 0 Å². The number of nitrogens with zero attached hydrogens (tertiary/aromatic N) is 1. The molecule has 1 heterocycles. The molecular formula is C18H24N2. The Labute approximate surface area is 121 Å².